The molecule has 2 aromatic carbocycles. The van der Waals surface area contributed by atoms with Crippen LogP contribution in [-0.2, 0) is 11.3 Å². The predicted octanol–water partition coefficient (Wildman–Crippen LogP) is 7.31. The van der Waals surface area contributed by atoms with E-state index in [0.29, 0.717) is 48.4 Å². The van der Waals surface area contributed by atoms with Gasteiger partial charge in [0, 0.05) is 55.8 Å². The van der Waals surface area contributed by atoms with Gasteiger partial charge in [-0.2, -0.15) is 13.2 Å². The Balaban J connectivity index is 1.38. The van der Waals surface area contributed by atoms with Crippen LogP contribution < -0.4 is 15.5 Å². The average molecular weight is 629 g/mol. The molecule has 0 radical (unpaired) electrons. The third kappa shape index (κ3) is 9.28. The zero-order valence-electron chi connectivity index (χ0n) is 24.2. The first-order chi connectivity index (χ1) is 20.4. The van der Waals surface area contributed by atoms with E-state index < -0.39 is 35.7 Å². The van der Waals surface area contributed by atoms with Crippen LogP contribution in [-0.4, -0.2) is 55.1 Å². The molecule has 1 aliphatic carbocycles. The fraction of sp³-hybridized carbons (Fsp3) is 0.548. The van der Waals surface area contributed by atoms with Gasteiger partial charge in [-0.25, -0.2) is 8.78 Å². The molecule has 1 aliphatic heterocycles. The quantitative estimate of drug-likeness (QED) is 0.271. The average Bonchev–Trinajstić information content (AvgIpc) is 2.97. The monoisotopic (exact) mass is 628 g/mol. The molecular formula is C31H38ClF5N4O2. The van der Waals surface area contributed by atoms with E-state index in [9.17, 15) is 27.2 Å². The predicted molar refractivity (Wildman–Crippen MR) is 157 cm³/mol. The molecule has 1 saturated heterocycles. The van der Waals surface area contributed by atoms with E-state index in [1.807, 2.05) is 11.8 Å². The summed E-state index contributed by atoms with van der Waals surface area (Å²) in [4.78, 5) is 29.0. The molecule has 6 nitrogen and oxygen atoms in total. The molecule has 0 unspecified atom stereocenters. The molecule has 1 atom stereocenters. The van der Waals surface area contributed by atoms with Crippen molar-refractivity contribution in [3.63, 3.8) is 0 Å². The van der Waals surface area contributed by atoms with Crippen LogP contribution in [0.15, 0.2) is 30.3 Å². The van der Waals surface area contributed by atoms with Crippen LogP contribution in [0.1, 0.15) is 74.2 Å². The van der Waals surface area contributed by atoms with Crippen LogP contribution in [0, 0.1) is 17.6 Å². The summed E-state index contributed by atoms with van der Waals surface area (Å²) in [5, 5.41) is 5.66. The number of hydrogen-bond donors (Lipinski definition) is 2. The van der Waals surface area contributed by atoms with E-state index in [1.54, 1.807) is 23.1 Å². The minimum atomic E-state index is -4.24. The van der Waals surface area contributed by atoms with E-state index in [-0.39, 0.29) is 30.6 Å². The first kappa shape index (κ1) is 33.0. The number of carbonyl (C=O) groups is 2. The highest BCUT2D eigenvalue weighted by Gasteiger charge is 2.31. The van der Waals surface area contributed by atoms with E-state index in [4.69, 9.17) is 11.6 Å². The maximum atomic E-state index is 15.0. The van der Waals surface area contributed by atoms with Gasteiger partial charge < -0.3 is 15.5 Å². The molecule has 0 spiro atoms. The third-order valence-electron chi connectivity index (χ3n) is 8.33. The zero-order chi connectivity index (χ0) is 31.1. The second kappa shape index (κ2) is 14.7. The van der Waals surface area contributed by atoms with Crippen LogP contribution in [0.4, 0.5) is 33.3 Å². The summed E-state index contributed by atoms with van der Waals surface area (Å²) in [6.07, 6.45) is 1.81. The largest absolute Gasteiger partial charge is 0.390 e. The molecule has 2 amide bonds. The minimum absolute atomic E-state index is 0.0653. The van der Waals surface area contributed by atoms with Crippen molar-refractivity contribution in [2.75, 3.05) is 36.4 Å². The van der Waals surface area contributed by atoms with Crippen molar-refractivity contribution in [3.05, 3.63) is 58.1 Å². The number of alkyl halides is 3. The Morgan fingerprint density at radius 2 is 1.77 bits per heavy atom. The molecule has 2 aromatic rings. The minimum Gasteiger partial charge on any atom is -0.365 e. The van der Waals surface area contributed by atoms with Crippen LogP contribution in [0.3, 0.4) is 0 Å². The van der Waals surface area contributed by atoms with Crippen LogP contribution >= 0.6 is 11.6 Å². The molecule has 2 fully saturated rings. The zero-order valence-corrected chi connectivity index (χ0v) is 25.0. The van der Waals surface area contributed by atoms with Crippen molar-refractivity contribution < 1.29 is 31.5 Å². The smallest absolute Gasteiger partial charge is 0.365 e. The lowest BCUT2D eigenvalue weighted by atomic mass is 9.86. The summed E-state index contributed by atoms with van der Waals surface area (Å²) in [5.74, 6) is -3.10. The van der Waals surface area contributed by atoms with Crippen molar-refractivity contribution >= 4 is 34.8 Å². The van der Waals surface area contributed by atoms with Gasteiger partial charge in [0.05, 0.1) is 23.4 Å². The fourth-order valence-corrected chi connectivity index (χ4v) is 6.08. The molecular weight excluding hydrogens is 591 g/mol. The van der Waals surface area contributed by atoms with Gasteiger partial charge in [-0.05, 0) is 43.5 Å². The number of benzene rings is 2. The van der Waals surface area contributed by atoms with E-state index in [1.165, 1.54) is 31.4 Å². The Morgan fingerprint density at radius 1 is 1.02 bits per heavy atom. The standard InChI is InChI=1S/C31H38ClF5N4O2/c1-20-19-40(14-13-31(35,36)37)15-16-41(20)26-17-23(32)9-11-25(26)39-30(43)24-10-8-22(28(33)29(24)34)18-38-27(42)12-7-21-5-3-2-4-6-21/h8-11,17,20-21H,2-7,12-16,18-19H2,1H3,(H,38,42)(H,39,43)/t20-/m1/s1. The normalized spacial score (nSPS) is 18.5. The molecule has 4 rings (SSSR count). The van der Waals surface area contributed by atoms with Crippen molar-refractivity contribution in [2.45, 2.75) is 77.1 Å². The van der Waals surface area contributed by atoms with E-state index in [2.05, 4.69) is 10.6 Å². The summed E-state index contributed by atoms with van der Waals surface area (Å²) in [6.45, 7) is 2.68. The van der Waals surface area contributed by atoms with Crippen molar-refractivity contribution in [3.8, 4) is 0 Å². The third-order valence-corrected chi connectivity index (χ3v) is 8.56. The van der Waals surface area contributed by atoms with E-state index in [0.717, 1.165) is 19.3 Å². The van der Waals surface area contributed by atoms with Gasteiger partial charge in [-0.15, -0.1) is 0 Å². The van der Waals surface area contributed by atoms with Gasteiger partial charge in [0.1, 0.15) is 0 Å². The Hall–Kier alpha value is -2.92. The van der Waals surface area contributed by atoms with Gasteiger partial charge in [0.25, 0.3) is 5.91 Å². The Bertz CT molecular complexity index is 1290. The summed E-state index contributed by atoms with van der Waals surface area (Å²) in [7, 11) is 0. The highest BCUT2D eigenvalue weighted by atomic mass is 35.5. The van der Waals surface area contributed by atoms with Gasteiger partial charge in [0.2, 0.25) is 5.91 Å². The Morgan fingerprint density at radius 3 is 2.47 bits per heavy atom. The number of piperazine rings is 1. The number of rotatable bonds is 10. The fourth-order valence-electron chi connectivity index (χ4n) is 5.91. The Kier molecular flexibility index (Phi) is 11.3. The molecule has 1 heterocycles. The second-order valence-electron chi connectivity index (χ2n) is 11.5. The number of halogens is 6. The summed E-state index contributed by atoms with van der Waals surface area (Å²) >= 11 is 6.23. The number of nitrogens with zero attached hydrogens (tertiary/aromatic N) is 2. The molecule has 12 heteroatoms. The van der Waals surface area contributed by atoms with Crippen LogP contribution in [0.25, 0.3) is 0 Å². The number of anilines is 2. The first-order valence-electron chi connectivity index (χ1n) is 14.8. The molecule has 236 valence electrons. The summed E-state index contributed by atoms with van der Waals surface area (Å²) < 4.78 is 68.0. The molecule has 2 aliphatic rings. The lowest BCUT2D eigenvalue weighted by Gasteiger charge is -2.42. The SMILES string of the molecule is C[C@@H]1CN(CCC(F)(F)F)CCN1c1cc(Cl)ccc1NC(=O)c1ccc(CNC(=O)CCC2CCCCC2)c(F)c1F. The van der Waals surface area contributed by atoms with Gasteiger partial charge in [-0.1, -0.05) is 49.8 Å². The molecule has 2 N–H and O–H groups in total. The molecule has 43 heavy (non-hydrogen) atoms. The summed E-state index contributed by atoms with van der Waals surface area (Å²) in [5.41, 5.74) is 0.261. The van der Waals surface area contributed by atoms with Crippen molar-refractivity contribution in [1.82, 2.24) is 10.2 Å². The lowest BCUT2D eigenvalue weighted by molar-refractivity contribution is -0.138. The summed E-state index contributed by atoms with van der Waals surface area (Å²) in [6, 6.07) is 6.96. The number of nitrogens with one attached hydrogen (secondary N) is 2. The number of amides is 2. The van der Waals surface area contributed by atoms with Crippen molar-refractivity contribution in [2.24, 2.45) is 5.92 Å². The van der Waals surface area contributed by atoms with Crippen LogP contribution in [0.5, 0.6) is 0 Å². The van der Waals surface area contributed by atoms with Gasteiger partial charge >= 0.3 is 6.18 Å². The number of carbonyl (C=O) groups excluding carboxylic acids is 2. The molecule has 1 saturated carbocycles. The molecule has 0 aromatic heterocycles. The Labute approximate surface area is 253 Å². The van der Waals surface area contributed by atoms with Crippen LogP contribution in [0.2, 0.25) is 5.02 Å². The maximum absolute atomic E-state index is 15.0. The topological polar surface area (TPSA) is 64.7 Å². The highest BCUT2D eigenvalue weighted by molar-refractivity contribution is 6.31. The highest BCUT2D eigenvalue weighted by Crippen LogP contribution is 2.33. The lowest BCUT2D eigenvalue weighted by Crippen LogP contribution is -2.52. The number of hydrogen-bond acceptors (Lipinski definition) is 4. The maximum Gasteiger partial charge on any atom is 0.390 e. The van der Waals surface area contributed by atoms with Gasteiger partial charge in [0.15, 0.2) is 11.6 Å². The van der Waals surface area contributed by atoms with Gasteiger partial charge in [-0.3, -0.25) is 14.5 Å². The van der Waals surface area contributed by atoms with Crippen molar-refractivity contribution in [1.29, 1.82) is 0 Å². The van der Waals surface area contributed by atoms with E-state index >= 15 is 4.39 Å². The second-order valence-corrected chi connectivity index (χ2v) is 12.0. The first-order valence-corrected chi connectivity index (χ1v) is 15.2. The molecule has 0 bridgehead atoms.